The Morgan fingerprint density at radius 1 is 1.23 bits per heavy atom. The first-order valence-electron chi connectivity index (χ1n) is 7.83. The molecule has 0 saturated carbocycles. The van der Waals surface area contributed by atoms with Gasteiger partial charge in [0, 0.05) is 12.6 Å². The molecule has 1 aromatic heterocycles. The van der Waals surface area contributed by atoms with Gasteiger partial charge in [-0.15, -0.1) is 0 Å². The minimum Gasteiger partial charge on any atom is -0.381 e. The summed E-state index contributed by atoms with van der Waals surface area (Å²) in [5.74, 6) is 0.189. The number of nitro groups is 2. The number of unbranched alkanes of at least 4 members (excludes halogenated alkanes) is 2. The first-order valence-corrected chi connectivity index (χ1v) is 7.83. The number of hydrogen-bond acceptors (Lipinski definition) is 8. The van der Waals surface area contributed by atoms with Crippen LogP contribution >= 0.6 is 0 Å². The van der Waals surface area contributed by atoms with Gasteiger partial charge in [-0.1, -0.05) is 6.42 Å². The predicted octanol–water partition coefficient (Wildman–Crippen LogP) is 2.50. The maximum atomic E-state index is 11.0. The SMILES string of the molecule is N#Cc1c(N)n[nH]c1CCCCCNc1ccc([N+](=O)[O-])cc1[N+](=O)[O-]. The third-order valence-electron chi connectivity index (χ3n) is 3.79. The predicted molar refractivity (Wildman–Crippen MR) is 93.5 cm³/mol. The van der Waals surface area contributed by atoms with E-state index in [0.29, 0.717) is 24.2 Å². The second kappa shape index (κ2) is 8.43. The molecular weight excluding hydrogens is 342 g/mol. The van der Waals surface area contributed by atoms with E-state index in [4.69, 9.17) is 11.0 Å². The van der Waals surface area contributed by atoms with Crippen molar-refractivity contribution in [3.8, 4) is 6.07 Å². The van der Waals surface area contributed by atoms with Crippen molar-refractivity contribution in [1.82, 2.24) is 10.2 Å². The molecule has 26 heavy (non-hydrogen) atoms. The van der Waals surface area contributed by atoms with Gasteiger partial charge in [0.2, 0.25) is 0 Å². The van der Waals surface area contributed by atoms with Crippen LogP contribution in [0.2, 0.25) is 0 Å². The molecule has 1 heterocycles. The zero-order valence-corrected chi connectivity index (χ0v) is 13.8. The highest BCUT2D eigenvalue weighted by Gasteiger charge is 2.19. The van der Waals surface area contributed by atoms with Crippen molar-refractivity contribution in [3.63, 3.8) is 0 Å². The van der Waals surface area contributed by atoms with Gasteiger partial charge in [0.25, 0.3) is 11.4 Å². The molecule has 0 fully saturated rings. The van der Waals surface area contributed by atoms with Crippen LogP contribution in [-0.2, 0) is 6.42 Å². The van der Waals surface area contributed by atoms with E-state index in [2.05, 4.69) is 15.5 Å². The van der Waals surface area contributed by atoms with Crippen molar-refractivity contribution in [2.45, 2.75) is 25.7 Å². The molecule has 2 rings (SSSR count). The summed E-state index contributed by atoms with van der Waals surface area (Å²) in [4.78, 5) is 20.4. The number of nitrogen functional groups attached to an aromatic ring is 1. The van der Waals surface area contributed by atoms with Gasteiger partial charge in [-0.25, -0.2) is 0 Å². The molecule has 11 heteroatoms. The van der Waals surface area contributed by atoms with Gasteiger partial charge < -0.3 is 11.1 Å². The number of aromatic nitrogens is 2. The molecule has 4 N–H and O–H groups in total. The number of aryl methyl sites for hydroxylation is 1. The largest absolute Gasteiger partial charge is 0.381 e. The Morgan fingerprint density at radius 3 is 2.65 bits per heavy atom. The van der Waals surface area contributed by atoms with E-state index in [1.165, 1.54) is 12.1 Å². The number of rotatable bonds is 9. The highest BCUT2D eigenvalue weighted by molar-refractivity contribution is 5.65. The summed E-state index contributed by atoms with van der Waals surface area (Å²) in [6.45, 7) is 0.481. The summed E-state index contributed by atoms with van der Waals surface area (Å²) in [5.41, 5.74) is 6.22. The minimum atomic E-state index is -0.672. The van der Waals surface area contributed by atoms with Crippen LogP contribution in [0, 0.1) is 31.6 Å². The zero-order valence-electron chi connectivity index (χ0n) is 13.8. The summed E-state index contributed by atoms with van der Waals surface area (Å²) in [5, 5.41) is 40.2. The number of non-ortho nitro benzene ring substituents is 1. The summed E-state index contributed by atoms with van der Waals surface area (Å²) in [7, 11) is 0. The summed E-state index contributed by atoms with van der Waals surface area (Å²) in [6.07, 6.45) is 2.97. The topological polar surface area (TPSA) is 177 Å². The molecular formula is C15H17N7O4. The fourth-order valence-electron chi connectivity index (χ4n) is 2.46. The highest BCUT2D eigenvalue weighted by atomic mass is 16.6. The molecule has 2 aromatic rings. The summed E-state index contributed by atoms with van der Waals surface area (Å²) in [6, 6.07) is 5.50. The van der Waals surface area contributed by atoms with Crippen molar-refractivity contribution in [2.24, 2.45) is 0 Å². The second-order valence-electron chi connectivity index (χ2n) is 5.53. The first-order chi connectivity index (χ1) is 12.4. The van der Waals surface area contributed by atoms with E-state index in [9.17, 15) is 20.2 Å². The minimum absolute atomic E-state index is 0.189. The van der Waals surface area contributed by atoms with Crippen LogP contribution < -0.4 is 11.1 Å². The normalized spacial score (nSPS) is 10.3. The number of anilines is 2. The van der Waals surface area contributed by atoms with Crippen LogP contribution in [0.25, 0.3) is 0 Å². The van der Waals surface area contributed by atoms with Crippen molar-refractivity contribution in [3.05, 3.63) is 49.7 Å². The van der Waals surface area contributed by atoms with Gasteiger partial charge >= 0.3 is 0 Å². The molecule has 136 valence electrons. The van der Waals surface area contributed by atoms with Crippen LogP contribution in [0.3, 0.4) is 0 Å². The van der Waals surface area contributed by atoms with E-state index in [0.717, 1.165) is 25.3 Å². The number of aromatic amines is 1. The molecule has 0 aliphatic rings. The highest BCUT2D eigenvalue weighted by Crippen LogP contribution is 2.28. The molecule has 1 aromatic carbocycles. The van der Waals surface area contributed by atoms with E-state index in [1.54, 1.807) is 0 Å². The van der Waals surface area contributed by atoms with Crippen molar-refractivity contribution in [1.29, 1.82) is 5.26 Å². The van der Waals surface area contributed by atoms with Crippen LogP contribution in [-0.4, -0.2) is 26.6 Å². The number of nitriles is 1. The Morgan fingerprint density at radius 2 is 2.00 bits per heavy atom. The quantitative estimate of drug-likeness (QED) is 0.347. The molecule has 0 bridgehead atoms. The van der Waals surface area contributed by atoms with Gasteiger partial charge in [0.05, 0.1) is 21.6 Å². The van der Waals surface area contributed by atoms with Gasteiger partial charge in [-0.3, -0.25) is 25.3 Å². The number of H-pyrrole nitrogens is 1. The van der Waals surface area contributed by atoms with Gasteiger partial charge in [0.15, 0.2) is 5.82 Å². The number of hydrogen-bond donors (Lipinski definition) is 3. The Kier molecular flexibility index (Phi) is 6.05. The fourth-order valence-corrected chi connectivity index (χ4v) is 2.46. The van der Waals surface area contributed by atoms with Gasteiger partial charge in [-0.05, 0) is 25.3 Å². The Bertz CT molecular complexity index is 856. The molecule has 0 radical (unpaired) electrons. The number of nitrogens with one attached hydrogen (secondary N) is 2. The number of benzene rings is 1. The monoisotopic (exact) mass is 359 g/mol. The molecule has 0 atom stereocenters. The van der Waals surface area contributed by atoms with Crippen LogP contribution in [0.1, 0.15) is 30.5 Å². The fraction of sp³-hybridized carbons (Fsp3) is 0.333. The molecule has 0 amide bonds. The Labute approximate surface area is 148 Å². The number of nitrogens with zero attached hydrogens (tertiary/aromatic N) is 4. The van der Waals surface area contributed by atoms with E-state index in [1.807, 2.05) is 6.07 Å². The van der Waals surface area contributed by atoms with E-state index in [-0.39, 0.29) is 22.9 Å². The lowest BCUT2D eigenvalue weighted by Gasteiger charge is -2.07. The maximum absolute atomic E-state index is 11.0. The first kappa shape index (κ1) is 18.7. The third kappa shape index (κ3) is 4.44. The summed E-state index contributed by atoms with van der Waals surface area (Å²) >= 11 is 0. The van der Waals surface area contributed by atoms with Crippen LogP contribution in [0.5, 0.6) is 0 Å². The zero-order chi connectivity index (χ0) is 19.1. The van der Waals surface area contributed by atoms with Crippen LogP contribution in [0.4, 0.5) is 22.9 Å². The molecule has 0 unspecified atom stereocenters. The van der Waals surface area contributed by atoms with Crippen molar-refractivity contribution in [2.75, 3.05) is 17.6 Å². The Balaban J connectivity index is 1.82. The second-order valence-corrected chi connectivity index (χ2v) is 5.53. The van der Waals surface area contributed by atoms with Crippen molar-refractivity contribution >= 4 is 22.9 Å². The average molecular weight is 359 g/mol. The average Bonchev–Trinajstić information content (AvgIpc) is 2.97. The van der Waals surface area contributed by atoms with Crippen LogP contribution in [0.15, 0.2) is 18.2 Å². The molecule has 11 nitrogen and oxygen atoms in total. The molecule has 0 aliphatic carbocycles. The lowest BCUT2D eigenvalue weighted by molar-refractivity contribution is -0.393. The van der Waals surface area contributed by atoms with Gasteiger partial charge in [-0.2, -0.15) is 10.4 Å². The Hall–Kier alpha value is -3.68. The molecule has 0 aliphatic heterocycles. The number of nitro benzene ring substituents is 2. The summed E-state index contributed by atoms with van der Waals surface area (Å²) < 4.78 is 0. The maximum Gasteiger partial charge on any atom is 0.299 e. The van der Waals surface area contributed by atoms with Gasteiger partial charge in [0.1, 0.15) is 17.3 Å². The molecule has 0 saturated heterocycles. The molecule has 0 spiro atoms. The lowest BCUT2D eigenvalue weighted by atomic mass is 10.1. The third-order valence-corrected chi connectivity index (χ3v) is 3.79. The lowest BCUT2D eigenvalue weighted by Crippen LogP contribution is -2.05. The van der Waals surface area contributed by atoms with E-state index < -0.39 is 9.85 Å². The smallest absolute Gasteiger partial charge is 0.299 e. The standard InChI is InChI=1S/C15H17N7O4/c16-9-11-12(19-20-15(11)17)4-2-1-3-7-18-13-6-5-10(21(23)24)8-14(13)22(25)26/h5-6,8,18H,1-4,7H2,(H3,17,19,20). The van der Waals surface area contributed by atoms with Crippen molar-refractivity contribution < 1.29 is 9.85 Å². The van der Waals surface area contributed by atoms with E-state index >= 15 is 0 Å². The number of nitrogens with two attached hydrogens (primary N) is 1.